The van der Waals surface area contributed by atoms with Gasteiger partial charge in [-0.25, -0.2) is 0 Å². The number of esters is 2. The Morgan fingerprint density at radius 1 is 1.23 bits per heavy atom. The predicted molar refractivity (Wildman–Crippen MR) is 110 cm³/mol. The Morgan fingerprint density at radius 3 is 2.58 bits per heavy atom. The number of hydrogen-bond acceptors (Lipinski definition) is 7. The number of aliphatic hydroxyl groups excluding tert-OH is 1. The molecule has 4 rings (SSSR count). The van der Waals surface area contributed by atoms with E-state index in [0.717, 1.165) is 11.1 Å². The lowest BCUT2D eigenvalue weighted by Crippen LogP contribution is -2.38. The topological polar surface area (TPSA) is 99.1 Å². The number of fused-ring (bicyclic) bond motifs is 3. The number of carbonyl (C=O) groups is 3. The quantitative estimate of drug-likeness (QED) is 0.721. The predicted octanol–water partition coefficient (Wildman–Crippen LogP) is 2.17. The van der Waals surface area contributed by atoms with Crippen molar-refractivity contribution in [2.75, 3.05) is 13.7 Å². The molecule has 0 spiro atoms. The minimum Gasteiger partial charge on any atom is -0.497 e. The van der Waals surface area contributed by atoms with Gasteiger partial charge in [0.2, 0.25) is 0 Å². The fraction of sp³-hybridized carbons (Fsp3) is 0.458. The normalized spacial score (nSPS) is 29.7. The summed E-state index contributed by atoms with van der Waals surface area (Å²) in [7, 11) is 1.58. The van der Waals surface area contributed by atoms with Crippen LogP contribution in [-0.2, 0) is 30.3 Å². The van der Waals surface area contributed by atoms with Gasteiger partial charge in [-0.2, -0.15) is 0 Å². The largest absolute Gasteiger partial charge is 0.497 e. The lowest BCUT2D eigenvalue weighted by Gasteiger charge is -2.29. The van der Waals surface area contributed by atoms with Crippen LogP contribution >= 0.6 is 0 Å². The number of rotatable bonds is 5. The zero-order valence-corrected chi connectivity index (χ0v) is 17.8. The minimum absolute atomic E-state index is 0.0842. The zero-order chi connectivity index (χ0) is 22.3. The maximum Gasteiger partial charge on any atom is 0.310 e. The zero-order valence-electron chi connectivity index (χ0n) is 17.8. The highest BCUT2D eigenvalue weighted by Gasteiger charge is 2.55. The summed E-state index contributed by atoms with van der Waals surface area (Å²) in [6, 6.07) is 7.16. The number of benzene rings is 1. The van der Waals surface area contributed by atoms with Gasteiger partial charge in [0.25, 0.3) is 0 Å². The van der Waals surface area contributed by atoms with Crippen LogP contribution in [0.25, 0.3) is 0 Å². The van der Waals surface area contributed by atoms with Crippen molar-refractivity contribution in [1.82, 2.24) is 0 Å². The fourth-order valence-electron chi connectivity index (χ4n) is 5.04. The van der Waals surface area contributed by atoms with Crippen LogP contribution in [0.1, 0.15) is 25.8 Å². The van der Waals surface area contributed by atoms with Crippen molar-refractivity contribution in [3.63, 3.8) is 0 Å². The molecule has 0 radical (unpaired) electrons. The van der Waals surface area contributed by atoms with Crippen molar-refractivity contribution in [1.29, 1.82) is 0 Å². The van der Waals surface area contributed by atoms with Crippen LogP contribution in [0.2, 0.25) is 0 Å². The van der Waals surface area contributed by atoms with E-state index in [-0.39, 0.29) is 24.8 Å². The lowest BCUT2D eigenvalue weighted by molar-refractivity contribution is -0.152. The van der Waals surface area contributed by atoms with Crippen LogP contribution in [0, 0.1) is 17.8 Å². The second-order valence-electron chi connectivity index (χ2n) is 8.44. The van der Waals surface area contributed by atoms with E-state index in [1.54, 1.807) is 38.3 Å². The summed E-state index contributed by atoms with van der Waals surface area (Å²) >= 11 is 0. The smallest absolute Gasteiger partial charge is 0.310 e. The van der Waals surface area contributed by atoms with Gasteiger partial charge in [-0.05, 0) is 36.3 Å². The van der Waals surface area contributed by atoms with Crippen molar-refractivity contribution in [2.24, 2.45) is 17.8 Å². The average molecular weight is 426 g/mol. The van der Waals surface area contributed by atoms with Gasteiger partial charge >= 0.3 is 11.9 Å². The monoisotopic (exact) mass is 426 g/mol. The van der Waals surface area contributed by atoms with Crippen LogP contribution in [-0.4, -0.2) is 48.8 Å². The summed E-state index contributed by atoms with van der Waals surface area (Å²) < 4.78 is 16.7. The van der Waals surface area contributed by atoms with Crippen molar-refractivity contribution in [3.8, 4) is 5.75 Å². The van der Waals surface area contributed by atoms with Crippen LogP contribution in [0.4, 0.5) is 0 Å². The summed E-state index contributed by atoms with van der Waals surface area (Å²) in [5.41, 5.74) is 2.68. The molecule has 1 fully saturated rings. The number of ether oxygens (including phenoxy) is 3. The summed E-state index contributed by atoms with van der Waals surface area (Å²) in [6.07, 6.45) is 0.635. The first-order valence-electron chi connectivity index (χ1n) is 10.4. The van der Waals surface area contributed by atoms with E-state index in [0.29, 0.717) is 23.3 Å². The van der Waals surface area contributed by atoms with E-state index in [1.165, 1.54) is 6.08 Å². The average Bonchev–Trinajstić information content (AvgIpc) is 3.19. The van der Waals surface area contributed by atoms with Gasteiger partial charge in [0.05, 0.1) is 26.1 Å². The van der Waals surface area contributed by atoms with E-state index in [9.17, 15) is 19.5 Å². The maximum absolute atomic E-state index is 12.7. The van der Waals surface area contributed by atoms with Gasteiger partial charge < -0.3 is 19.3 Å². The number of methoxy groups -OCH3 is 1. The highest BCUT2D eigenvalue weighted by Crippen LogP contribution is 2.48. The second kappa shape index (κ2) is 8.30. The van der Waals surface area contributed by atoms with Gasteiger partial charge in [0, 0.05) is 23.8 Å². The summed E-state index contributed by atoms with van der Waals surface area (Å²) in [5.74, 6) is -1.62. The molecule has 1 saturated heterocycles. The van der Waals surface area contributed by atoms with Gasteiger partial charge in [-0.1, -0.05) is 24.6 Å². The number of hydrogen-bond donors (Lipinski definition) is 1. The van der Waals surface area contributed by atoms with Gasteiger partial charge in [0.15, 0.2) is 5.78 Å². The van der Waals surface area contributed by atoms with Crippen LogP contribution < -0.4 is 4.74 Å². The molecule has 1 heterocycles. The molecule has 0 aromatic heterocycles. The van der Waals surface area contributed by atoms with Crippen molar-refractivity contribution >= 4 is 17.7 Å². The van der Waals surface area contributed by atoms with E-state index >= 15 is 0 Å². The first kappa shape index (κ1) is 21.3. The Hall–Kier alpha value is -2.93. The van der Waals surface area contributed by atoms with Gasteiger partial charge in [-0.15, -0.1) is 0 Å². The summed E-state index contributed by atoms with van der Waals surface area (Å²) in [6.45, 7) is 3.31. The molecular formula is C24H26O7. The molecule has 2 aliphatic carbocycles. The number of ketones is 1. The summed E-state index contributed by atoms with van der Waals surface area (Å²) in [4.78, 5) is 37.8. The molecule has 1 aromatic rings. The Balaban J connectivity index is 1.59. The van der Waals surface area contributed by atoms with Crippen molar-refractivity contribution in [3.05, 3.63) is 52.6 Å². The molecular weight excluding hydrogens is 400 g/mol. The molecule has 3 aliphatic rings. The standard InChI is InChI=1S/C24H26O7/c1-12-8-18(30-19(27)9-14-4-6-16(29-3)7-5-14)21-13(2)24(28)31-23(21)22-15(11-25)10-17(26)20(12)22/h4-7,10,13,18,21-23,25H,8-9,11H2,1-3H3. The van der Waals surface area contributed by atoms with Crippen molar-refractivity contribution in [2.45, 2.75) is 38.9 Å². The first-order chi connectivity index (χ1) is 14.8. The first-order valence-corrected chi connectivity index (χ1v) is 10.4. The van der Waals surface area contributed by atoms with E-state index in [4.69, 9.17) is 14.2 Å². The third-order valence-electron chi connectivity index (χ3n) is 6.57. The molecule has 5 atom stereocenters. The number of carbonyl (C=O) groups excluding carboxylic acids is 3. The van der Waals surface area contributed by atoms with Crippen LogP contribution in [0.5, 0.6) is 5.75 Å². The molecule has 7 nitrogen and oxygen atoms in total. The molecule has 1 aromatic carbocycles. The SMILES string of the molecule is COc1ccc(CC(=O)OC2CC(C)=C3C(=O)C=C(CO)C3C3OC(=O)C(C)C23)cc1. The molecule has 1 aliphatic heterocycles. The van der Waals surface area contributed by atoms with Gasteiger partial charge in [0.1, 0.15) is 18.0 Å². The van der Waals surface area contributed by atoms with Crippen LogP contribution in [0.3, 0.4) is 0 Å². The molecule has 31 heavy (non-hydrogen) atoms. The summed E-state index contributed by atoms with van der Waals surface area (Å²) in [5, 5.41) is 9.79. The Labute approximate surface area is 180 Å². The molecule has 0 saturated carbocycles. The van der Waals surface area contributed by atoms with Crippen molar-refractivity contribution < 1.29 is 33.7 Å². The third-order valence-corrected chi connectivity index (χ3v) is 6.57. The Kier molecular flexibility index (Phi) is 5.71. The molecule has 0 amide bonds. The molecule has 1 N–H and O–H groups in total. The fourth-order valence-corrected chi connectivity index (χ4v) is 5.04. The van der Waals surface area contributed by atoms with Gasteiger partial charge in [-0.3, -0.25) is 14.4 Å². The molecule has 7 heteroatoms. The molecule has 5 unspecified atom stereocenters. The highest BCUT2D eigenvalue weighted by molar-refractivity contribution is 6.09. The Bertz CT molecular complexity index is 972. The van der Waals surface area contributed by atoms with Crippen LogP contribution in [0.15, 0.2) is 47.1 Å². The maximum atomic E-state index is 12.7. The van der Waals surface area contributed by atoms with E-state index in [2.05, 4.69) is 0 Å². The highest BCUT2D eigenvalue weighted by atomic mass is 16.6. The molecule has 0 bridgehead atoms. The third kappa shape index (κ3) is 3.78. The number of aliphatic hydroxyl groups is 1. The second-order valence-corrected chi connectivity index (χ2v) is 8.44. The van der Waals surface area contributed by atoms with E-state index < -0.39 is 35.9 Å². The number of allylic oxidation sites excluding steroid dienone is 1. The van der Waals surface area contributed by atoms with E-state index in [1.807, 2.05) is 6.92 Å². The minimum atomic E-state index is -0.640. The Morgan fingerprint density at radius 2 is 1.94 bits per heavy atom. The molecule has 164 valence electrons. The lowest BCUT2D eigenvalue weighted by atomic mass is 9.79.